The van der Waals surface area contributed by atoms with Gasteiger partial charge >= 0.3 is 14.1 Å². The molecular weight excluding hydrogens is 320 g/mol. The first kappa shape index (κ1) is 16.7. The molecule has 0 fully saturated rings. The van der Waals surface area contributed by atoms with Gasteiger partial charge in [-0.05, 0) is 0 Å². The van der Waals surface area contributed by atoms with E-state index < -0.39 is 48.3 Å². The summed E-state index contributed by atoms with van der Waals surface area (Å²) in [7, 11) is -5.21. The fourth-order valence-electron chi connectivity index (χ4n) is 1.28. The van der Waals surface area contributed by atoms with Crippen LogP contribution in [0.25, 0.3) is 0 Å². The van der Waals surface area contributed by atoms with Gasteiger partial charge in [-0.15, -0.1) is 0 Å². The van der Waals surface area contributed by atoms with E-state index in [9.17, 15) is 30.7 Å². The molecule has 0 aliphatic rings. The lowest BCUT2D eigenvalue weighted by Crippen LogP contribution is -2.27. The van der Waals surface area contributed by atoms with Crippen molar-refractivity contribution >= 4 is 13.2 Å². The highest BCUT2D eigenvalue weighted by molar-refractivity contribution is 7.67. The fourth-order valence-corrected chi connectivity index (χ4v) is 2.30. The third kappa shape index (κ3) is 2.72. The second kappa shape index (κ2) is 5.19. The lowest BCUT2D eigenvalue weighted by molar-refractivity contribution is -0.143. The summed E-state index contributed by atoms with van der Waals surface area (Å²) in [4.78, 5) is 18.3. The van der Waals surface area contributed by atoms with Gasteiger partial charge in [0.2, 0.25) is 11.6 Å². The maximum Gasteiger partial charge on any atom is 0.493 e. The third-order valence-corrected chi connectivity index (χ3v) is 3.45. The molecule has 3 nitrogen and oxygen atoms in total. The van der Waals surface area contributed by atoms with Crippen LogP contribution in [-0.4, -0.2) is 9.79 Å². The summed E-state index contributed by atoms with van der Waals surface area (Å²) in [6.07, 6.45) is -5.43. The predicted molar refractivity (Wildman–Crippen MR) is 53.5 cm³/mol. The topological polar surface area (TPSA) is 49.7 Å². The van der Waals surface area contributed by atoms with Crippen molar-refractivity contribution in [2.24, 2.45) is 0 Å². The molecule has 20 heavy (non-hydrogen) atoms. The average Bonchev–Trinajstić information content (AvgIpc) is 2.24. The van der Waals surface area contributed by atoms with Crippen LogP contribution in [0.1, 0.15) is 5.56 Å². The minimum Gasteiger partial charge on any atom is -0.289 e. The van der Waals surface area contributed by atoms with Gasteiger partial charge in [-0.1, -0.05) is 6.58 Å². The molecule has 0 spiro atoms. The molecule has 0 saturated heterocycles. The van der Waals surface area contributed by atoms with E-state index in [1.807, 2.05) is 0 Å². The van der Waals surface area contributed by atoms with Gasteiger partial charge in [-0.3, -0.25) is 4.52 Å². The molecule has 0 atom stereocenters. The van der Waals surface area contributed by atoms with E-state index in [-0.39, 0.29) is 0 Å². The fraction of sp³-hybridized carbons (Fsp3) is 0.111. The van der Waals surface area contributed by atoms with E-state index in [2.05, 4.69) is 11.1 Å². The van der Waals surface area contributed by atoms with Crippen LogP contribution in [0.3, 0.4) is 0 Å². The van der Waals surface area contributed by atoms with E-state index in [0.717, 1.165) is 0 Å². The molecule has 0 aliphatic heterocycles. The summed E-state index contributed by atoms with van der Waals surface area (Å²) in [6, 6.07) is 0. The summed E-state index contributed by atoms with van der Waals surface area (Å²) >= 11 is 0. The molecule has 1 aromatic rings. The monoisotopic (exact) mass is 325 g/mol. The molecule has 0 heterocycles. The van der Waals surface area contributed by atoms with E-state index in [1.54, 1.807) is 0 Å². The molecule has 1 aromatic carbocycles. The van der Waals surface area contributed by atoms with E-state index in [0.29, 0.717) is 6.26 Å². The standard InChI is InChI=1S/C9H5F7O3P/c1-2-19-20(17,18)8-6(12)4(10)3(9(14,15)16)5(11)7(8)13/h2,17-18H,1H2/q+1. The van der Waals surface area contributed by atoms with Crippen LogP contribution >= 0.6 is 7.94 Å². The molecule has 0 radical (unpaired) electrons. The Balaban J connectivity index is 3.74. The van der Waals surface area contributed by atoms with E-state index in [4.69, 9.17) is 9.79 Å². The van der Waals surface area contributed by atoms with Crippen molar-refractivity contribution in [1.29, 1.82) is 0 Å². The van der Waals surface area contributed by atoms with Gasteiger partial charge < -0.3 is 0 Å². The summed E-state index contributed by atoms with van der Waals surface area (Å²) in [5.41, 5.74) is -2.82. The first-order valence-electron chi connectivity index (χ1n) is 4.52. The SMILES string of the molecule is C=CO[P+](O)(O)c1c(F)c(F)c(C(F)(F)F)c(F)c1F. The summed E-state index contributed by atoms with van der Waals surface area (Å²) in [5.74, 6) is -10.9. The number of rotatable bonds is 3. The van der Waals surface area contributed by atoms with Gasteiger partial charge in [-0.25, -0.2) is 8.78 Å². The van der Waals surface area contributed by atoms with Crippen molar-refractivity contribution in [2.75, 3.05) is 0 Å². The van der Waals surface area contributed by atoms with E-state index >= 15 is 0 Å². The Bertz CT molecular complexity index is 526. The maximum atomic E-state index is 13.4. The maximum absolute atomic E-state index is 13.4. The highest BCUT2D eigenvalue weighted by Gasteiger charge is 2.52. The zero-order valence-corrected chi connectivity index (χ0v) is 10.1. The molecule has 0 aliphatic carbocycles. The van der Waals surface area contributed by atoms with Crippen molar-refractivity contribution in [1.82, 2.24) is 0 Å². The number of hydrogen-bond donors (Lipinski definition) is 2. The van der Waals surface area contributed by atoms with Gasteiger partial charge in [0, 0.05) is 0 Å². The van der Waals surface area contributed by atoms with E-state index in [1.165, 1.54) is 0 Å². The van der Waals surface area contributed by atoms with Gasteiger partial charge in [0.25, 0.3) is 5.30 Å². The van der Waals surface area contributed by atoms with Crippen LogP contribution in [0.15, 0.2) is 12.8 Å². The molecule has 0 unspecified atom stereocenters. The largest absolute Gasteiger partial charge is 0.493 e. The van der Waals surface area contributed by atoms with Gasteiger partial charge in [0.15, 0.2) is 11.6 Å². The van der Waals surface area contributed by atoms with Crippen LogP contribution in [0, 0.1) is 23.3 Å². The first-order chi connectivity index (χ1) is 8.95. The Morgan fingerprint density at radius 2 is 1.35 bits per heavy atom. The lowest BCUT2D eigenvalue weighted by Gasteiger charge is -2.15. The van der Waals surface area contributed by atoms with Crippen molar-refractivity contribution < 1.29 is 45.0 Å². The Labute approximate surface area is 107 Å². The number of halogens is 7. The average molecular weight is 325 g/mol. The van der Waals surface area contributed by atoms with Crippen molar-refractivity contribution in [2.45, 2.75) is 6.18 Å². The summed E-state index contributed by atoms with van der Waals surface area (Å²) in [5, 5.41) is -2.07. The number of alkyl halides is 3. The van der Waals surface area contributed by atoms with Crippen molar-refractivity contribution in [3.63, 3.8) is 0 Å². The number of benzene rings is 1. The summed E-state index contributed by atoms with van der Waals surface area (Å²) in [6.45, 7) is 2.81. The molecule has 2 N–H and O–H groups in total. The molecule has 11 heteroatoms. The lowest BCUT2D eigenvalue weighted by atomic mass is 10.1. The van der Waals surface area contributed by atoms with Crippen LogP contribution in [0.5, 0.6) is 0 Å². The van der Waals surface area contributed by atoms with Gasteiger partial charge in [-0.2, -0.15) is 31.7 Å². The first-order valence-corrected chi connectivity index (χ1v) is 6.14. The smallest absolute Gasteiger partial charge is 0.289 e. The Kier molecular flexibility index (Phi) is 4.33. The minimum absolute atomic E-state index is 0.292. The molecular formula is C9H5F7O3P+. The molecule has 0 aromatic heterocycles. The molecule has 112 valence electrons. The van der Waals surface area contributed by atoms with Crippen LogP contribution < -0.4 is 5.30 Å². The highest BCUT2D eigenvalue weighted by Crippen LogP contribution is 2.52. The van der Waals surface area contributed by atoms with Crippen LogP contribution in [-0.2, 0) is 10.7 Å². The Morgan fingerprint density at radius 3 is 1.65 bits per heavy atom. The van der Waals surface area contributed by atoms with Crippen LogP contribution in [0.4, 0.5) is 30.7 Å². The van der Waals surface area contributed by atoms with Crippen molar-refractivity contribution in [3.05, 3.63) is 41.7 Å². The zero-order valence-electron chi connectivity index (χ0n) is 9.18. The molecule has 1 rings (SSSR count). The second-order valence-corrected chi connectivity index (χ2v) is 5.04. The Morgan fingerprint density at radius 1 is 0.950 bits per heavy atom. The normalized spacial score (nSPS) is 12.4. The number of hydrogen-bond acceptors (Lipinski definition) is 3. The molecule has 0 bridgehead atoms. The second-order valence-electron chi connectivity index (χ2n) is 3.29. The molecule has 0 amide bonds. The van der Waals surface area contributed by atoms with Gasteiger partial charge in [0.1, 0.15) is 11.8 Å². The third-order valence-electron chi connectivity index (χ3n) is 2.04. The summed E-state index contributed by atoms with van der Waals surface area (Å²) < 4.78 is 93.8. The zero-order chi connectivity index (χ0) is 15.9. The van der Waals surface area contributed by atoms with Crippen LogP contribution in [0.2, 0.25) is 0 Å². The highest BCUT2D eigenvalue weighted by atomic mass is 31.2. The molecule has 0 saturated carbocycles. The van der Waals surface area contributed by atoms with Gasteiger partial charge in [0.05, 0.1) is 0 Å². The Hall–Kier alpha value is -1.38. The van der Waals surface area contributed by atoms with Crippen molar-refractivity contribution in [3.8, 4) is 0 Å². The predicted octanol–water partition coefficient (Wildman–Crippen LogP) is 2.79. The quantitative estimate of drug-likeness (QED) is 0.389. The minimum atomic E-state index is -5.72.